The summed E-state index contributed by atoms with van der Waals surface area (Å²) in [6, 6.07) is 20.3. The lowest BCUT2D eigenvalue weighted by atomic mass is 9.86. The van der Waals surface area contributed by atoms with E-state index in [4.69, 9.17) is 16.6 Å². The third-order valence-electron chi connectivity index (χ3n) is 4.80. The molecule has 0 aliphatic rings. The summed E-state index contributed by atoms with van der Waals surface area (Å²) in [7, 11) is 0. The monoisotopic (exact) mass is 387 g/mol. The lowest BCUT2D eigenvalue weighted by Crippen LogP contribution is -2.10. The van der Waals surface area contributed by atoms with Gasteiger partial charge in [0.1, 0.15) is 5.82 Å². The molecule has 4 heteroatoms. The van der Waals surface area contributed by atoms with Gasteiger partial charge in [0.25, 0.3) is 0 Å². The van der Waals surface area contributed by atoms with Crippen LogP contribution in [-0.4, -0.2) is 15.0 Å². The smallest absolute Gasteiger partial charge is 0.138 e. The zero-order valence-electron chi connectivity index (χ0n) is 16.2. The van der Waals surface area contributed by atoms with Gasteiger partial charge < -0.3 is 4.98 Å². The highest BCUT2D eigenvalue weighted by Gasteiger charge is 2.17. The van der Waals surface area contributed by atoms with Gasteiger partial charge in [-0.15, -0.1) is 0 Å². The first kappa shape index (κ1) is 18.5. The van der Waals surface area contributed by atoms with Gasteiger partial charge in [0.05, 0.1) is 11.4 Å². The molecule has 0 unspecified atom stereocenters. The molecule has 3 nitrogen and oxygen atoms in total. The molecule has 0 amide bonds. The summed E-state index contributed by atoms with van der Waals surface area (Å²) >= 11 is 6.19. The Morgan fingerprint density at radius 1 is 0.821 bits per heavy atom. The summed E-state index contributed by atoms with van der Waals surface area (Å²) in [4.78, 5) is 12.5. The Bertz CT molecular complexity index is 1090. The molecule has 0 saturated heterocycles. The minimum atomic E-state index is 0.115. The molecule has 28 heavy (non-hydrogen) atoms. The summed E-state index contributed by atoms with van der Waals surface area (Å²) in [5.41, 5.74) is 6.38. The van der Waals surface area contributed by atoms with E-state index in [0.29, 0.717) is 5.02 Å². The summed E-state index contributed by atoms with van der Waals surface area (Å²) in [5, 5.41) is 0.690. The Morgan fingerprint density at radius 3 is 2.18 bits per heavy atom. The van der Waals surface area contributed by atoms with Crippen LogP contribution in [0.3, 0.4) is 0 Å². The number of imidazole rings is 1. The third kappa shape index (κ3) is 3.71. The molecular weight excluding hydrogens is 366 g/mol. The van der Waals surface area contributed by atoms with E-state index in [1.54, 1.807) is 12.4 Å². The number of aromatic nitrogens is 3. The molecule has 0 radical (unpaired) electrons. The summed E-state index contributed by atoms with van der Waals surface area (Å²) < 4.78 is 0. The van der Waals surface area contributed by atoms with Crippen molar-refractivity contribution in [2.75, 3.05) is 0 Å². The quantitative estimate of drug-likeness (QED) is 0.422. The maximum absolute atomic E-state index is 6.19. The maximum atomic E-state index is 6.19. The minimum absolute atomic E-state index is 0.115. The number of H-pyrrole nitrogens is 1. The molecular formula is C24H22ClN3. The molecule has 2 aromatic heterocycles. The van der Waals surface area contributed by atoms with Gasteiger partial charge in [-0.1, -0.05) is 68.8 Å². The Hall–Kier alpha value is -2.91. The summed E-state index contributed by atoms with van der Waals surface area (Å²) in [6.45, 7) is 6.66. The molecule has 1 N–H and O–H groups in total. The number of benzene rings is 2. The van der Waals surface area contributed by atoms with Gasteiger partial charge in [-0.05, 0) is 35.2 Å². The van der Waals surface area contributed by atoms with Crippen LogP contribution in [0.15, 0.2) is 73.1 Å². The molecule has 2 heterocycles. The predicted molar refractivity (Wildman–Crippen MR) is 116 cm³/mol. The van der Waals surface area contributed by atoms with E-state index >= 15 is 0 Å². The van der Waals surface area contributed by atoms with Gasteiger partial charge in [-0.25, -0.2) is 4.98 Å². The molecule has 0 aliphatic carbocycles. The van der Waals surface area contributed by atoms with Crippen LogP contribution in [0.5, 0.6) is 0 Å². The van der Waals surface area contributed by atoms with Crippen LogP contribution >= 0.6 is 11.6 Å². The largest absolute Gasteiger partial charge is 0.337 e. The first-order chi connectivity index (χ1) is 13.4. The van der Waals surface area contributed by atoms with Gasteiger partial charge in [0.15, 0.2) is 0 Å². The topological polar surface area (TPSA) is 41.6 Å². The normalized spacial score (nSPS) is 11.6. The molecule has 4 rings (SSSR count). The minimum Gasteiger partial charge on any atom is -0.337 e. The van der Waals surface area contributed by atoms with Crippen LogP contribution in [-0.2, 0) is 5.41 Å². The van der Waals surface area contributed by atoms with Gasteiger partial charge in [0.2, 0.25) is 0 Å². The van der Waals surface area contributed by atoms with Crippen LogP contribution in [0.2, 0.25) is 5.02 Å². The highest BCUT2D eigenvalue weighted by Crippen LogP contribution is 2.34. The van der Waals surface area contributed by atoms with Crippen molar-refractivity contribution in [2.24, 2.45) is 0 Å². The van der Waals surface area contributed by atoms with Crippen molar-refractivity contribution in [3.05, 3.63) is 83.6 Å². The van der Waals surface area contributed by atoms with E-state index in [-0.39, 0.29) is 5.41 Å². The van der Waals surface area contributed by atoms with Crippen molar-refractivity contribution >= 4 is 11.6 Å². The van der Waals surface area contributed by atoms with Crippen molar-refractivity contribution in [2.45, 2.75) is 26.2 Å². The van der Waals surface area contributed by atoms with E-state index in [0.717, 1.165) is 33.9 Å². The van der Waals surface area contributed by atoms with Crippen LogP contribution < -0.4 is 0 Å². The number of hydrogen-bond donors (Lipinski definition) is 1. The van der Waals surface area contributed by atoms with Crippen LogP contribution in [0.25, 0.3) is 33.9 Å². The fourth-order valence-electron chi connectivity index (χ4n) is 3.21. The number of hydrogen-bond acceptors (Lipinski definition) is 2. The zero-order chi connectivity index (χ0) is 19.7. The maximum Gasteiger partial charge on any atom is 0.138 e. The second kappa shape index (κ2) is 7.25. The molecule has 0 fully saturated rings. The Balaban J connectivity index is 1.85. The van der Waals surface area contributed by atoms with Gasteiger partial charge in [0, 0.05) is 34.1 Å². The Kier molecular flexibility index (Phi) is 4.78. The van der Waals surface area contributed by atoms with E-state index in [9.17, 15) is 0 Å². The van der Waals surface area contributed by atoms with Crippen LogP contribution in [0, 0.1) is 0 Å². The second-order valence-corrected chi connectivity index (χ2v) is 8.32. The number of pyridine rings is 1. The lowest BCUT2D eigenvalue weighted by Gasteiger charge is -2.19. The highest BCUT2D eigenvalue weighted by atomic mass is 35.5. The van der Waals surface area contributed by atoms with E-state index in [2.05, 4.69) is 55.0 Å². The number of nitrogens with one attached hydrogen (secondary N) is 1. The van der Waals surface area contributed by atoms with Gasteiger partial charge >= 0.3 is 0 Å². The van der Waals surface area contributed by atoms with Crippen LogP contribution in [0.1, 0.15) is 26.3 Å². The molecule has 0 aliphatic heterocycles. The number of aromatic amines is 1. The molecule has 2 aromatic carbocycles. The fourth-order valence-corrected chi connectivity index (χ4v) is 3.40. The van der Waals surface area contributed by atoms with Crippen molar-refractivity contribution in [1.82, 2.24) is 15.0 Å². The molecule has 0 saturated carbocycles. The van der Waals surface area contributed by atoms with Gasteiger partial charge in [-0.3, -0.25) is 4.98 Å². The third-order valence-corrected chi connectivity index (χ3v) is 5.03. The molecule has 0 bridgehead atoms. The number of nitrogens with zero attached hydrogens (tertiary/aromatic N) is 2. The van der Waals surface area contributed by atoms with Crippen molar-refractivity contribution in [3.8, 4) is 33.9 Å². The van der Waals surface area contributed by atoms with Crippen LogP contribution in [0.4, 0.5) is 0 Å². The number of rotatable bonds is 3. The zero-order valence-corrected chi connectivity index (χ0v) is 17.0. The van der Waals surface area contributed by atoms with Crippen molar-refractivity contribution in [1.29, 1.82) is 0 Å². The first-order valence-electron chi connectivity index (χ1n) is 9.29. The highest BCUT2D eigenvalue weighted by molar-refractivity contribution is 6.30. The second-order valence-electron chi connectivity index (χ2n) is 7.88. The molecule has 140 valence electrons. The average molecular weight is 388 g/mol. The SMILES string of the molecule is CC(C)(C)c1ccc(-c2nc(-c3cccc(Cl)c3)[nH]c2-c2ccncc2)cc1. The lowest BCUT2D eigenvalue weighted by molar-refractivity contribution is 0.590. The van der Waals surface area contributed by atoms with Crippen molar-refractivity contribution < 1.29 is 0 Å². The fraction of sp³-hybridized carbons (Fsp3) is 0.167. The first-order valence-corrected chi connectivity index (χ1v) is 9.67. The molecule has 4 aromatic rings. The molecule has 0 atom stereocenters. The Labute approximate surface area is 170 Å². The number of halogens is 1. The molecule has 0 spiro atoms. The average Bonchev–Trinajstić information content (AvgIpc) is 3.14. The summed E-state index contributed by atoms with van der Waals surface area (Å²) in [5.74, 6) is 0.796. The van der Waals surface area contributed by atoms with E-state index < -0.39 is 0 Å². The predicted octanol–water partition coefficient (Wildman–Crippen LogP) is 6.76. The standard InChI is InChI=1S/C24H22ClN3/c1-24(2,3)19-9-7-16(8-10-19)21-22(17-11-13-26-14-12-17)28-23(27-21)18-5-4-6-20(25)15-18/h4-15H,1-3H3,(H,27,28). The summed E-state index contributed by atoms with van der Waals surface area (Å²) in [6.07, 6.45) is 3.59. The van der Waals surface area contributed by atoms with Gasteiger partial charge in [-0.2, -0.15) is 0 Å². The van der Waals surface area contributed by atoms with E-state index in [1.807, 2.05) is 36.4 Å². The van der Waals surface area contributed by atoms with E-state index in [1.165, 1.54) is 5.56 Å². The van der Waals surface area contributed by atoms with Crippen molar-refractivity contribution in [3.63, 3.8) is 0 Å². The Morgan fingerprint density at radius 2 is 1.54 bits per heavy atom.